The maximum atomic E-state index is 5.44. The molecule has 2 saturated heterocycles. The van der Waals surface area contributed by atoms with Crippen LogP contribution in [0.25, 0.3) is 0 Å². The van der Waals surface area contributed by atoms with E-state index < -0.39 is 0 Å². The van der Waals surface area contributed by atoms with Gasteiger partial charge in [-0.1, -0.05) is 0 Å². The normalized spacial score (nSPS) is 49.6. The van der Waals surface area contributed by atoms with Gasteiger partial charge < -0.3 is 14.2 Å². The number of hydrogen-bond acceptors (Lipinski definition) is 3. The Labute approximate surface area is 66.6 Å². The largest absolute Gasteiger partial charge is 0.376 e. The highest BCUT2D eigenvalue weighted by atomic mass is 16.6. The Morgan fingerprint density at radius 2 is 2.27 bits per heavy atom. The molecule has 0 aliphatic carbocycles. The second-order valence-electron chi connectivity index (χ2n) is 3.33. The van der Waals surface area contributed by atoms with Crippen molar-refractivity contribution in [2.45, 2.75) is 31.2 Å². The zero-order chi connectivity index (χ0) is 7.90. The predicted molar refractivity (Wildman–Crippen MR) is 39.5 cm³/mol. The molecule has 0 aromatic carbocycles. The predicted octanol–water partition coefficient (Wildman–Crippen LogP) is 0.579. The van der Waals surface area contributed by atoms with Gasteiger partial charge in [-0.2, -0.15) is 0 Å². The maximum Gasteiger partial charge on any atom is 0.122 e. The molecule has 11 heavy (non-hydrogen) atoms. The summed E-state index contributed by atoms with van der Waals surface area (Å²) in [6.45, 7) is 3.58. The van der Waals surface area contributed by atoms with E-state index in [0.29, 0.717) is 0 Å². The zero-order valence-electron chi connectivity index (χ0n) is 7.00. The highest BCUT2D eigenvalue weighted by molar-refractivity contribution is 5.02. The van der Waals surface area contributed by atoms with Gasteiger partial charge >= 0.3 is 0 Å². The molecule has 0 N–H and O–H groups in total. The summed E-state index contributed by atoms with van der Waals surface area (Å²) in [6, 6.07) is 0. The Morgan fingerprint density at radius 3 is 2.73 bits per heavy atom. The number of hydrogen-bond donors (Lipinski definition) is 0. The fourth-order valence-electron chi connectivity index (χ4n) is 1.93. The van der Waals surface area contributed by atoms with Crippen molar-refractivity contribution in [2.75, 3.05) is 20.3 Å². The lowest BCUT2D eigenvalue weighted by atomic mass is 9.83. The van der Waals surface area contributed by atoms with Gasteiger partial charge in [-0.3, -0.25) is 0 Å². The highest BCUT2D eigenvalue weighted by Gasteiger charge is 2.54. The van der Waals surface area contributed by atoms with Crippen LogP contribution in [-0.4, -0.2) is 38.1 Å². The van der Waals surface area contributed by atoms with E-state index in [1.165, 1.54) is 0 Å². The molecule has 3 heteroatoms. The SMILES string of the molecule is CO[C@]12CCO[C@@H](C)[C@@H]1OC2. The molecule has 2 fully saturated rings. The van der Waals surface area contributed by atoms with Crippen molar-refractivity contribution in [3.63, 3.8) is 0 Å². The van der Waals surface area contributed by atoms with Gasteiger partial charge in [0.1, 0.15) is 11.7 Å². The van der Waals surface area contributed by atoms with Crippen molar-refractivity contribution >= 4 is 0 Å². The summed E-state index contributed by atoms with van der Waals surface area (Å²) >= 11 is 0. The quantitative estimate of drug-likeness (QED) is 0.558. The lowest BCUT2D eigenvalue weighted by Crippen LogP contribution is -2.67. The first kappa shape index (κ1) is 7.53. The summed E-state index contributed by atoms with van der Waals surface area (Å²) in [4.78, 5) is 0. The van der Waals surface area contributed by atoms with Gasteiger partial charge in [-0.25, -0.2) is 0 Å². The van der Waals surface area contributed by atoms with Crippen LogP contribution in [-0.2, 0) is 14.2 Å². The Kier molecular flexibility index (Phi) is 1.67. The van der Waals surface area contributed by atoms with E-state index in [1.54, 1.807) is 7.11 Å². The molecule has 2 aliphatic heterocycles. The van der Waals surface area contributed by atoms with Crippen molar-refractivity contribution in [2.24, 2.45) is 0 Å². The zero-order valence-corrected chi connectivity index (χ0v) is 7.00. The third-order valence-electron chi connectivity index (χ3n) is 2.76. The van der Waals surface area contributed by atoms with E-state index in [2.05, 4.69) is 0 Å². The molecule has 0 radical (unpaired) electrons. The molecule has 64 valence electrons. The van der Waals surface area contributed by atoms with Gasteiger partial charge in [0, 0.05) is 20.1 Å². The number of methoxy groups -OCH3 is 1. The molecular formula is C8H14O3. The molecular weight excluding hydrogens is 144 g/mol. The molecule has 2 heterocycles. The third kappa shape index (κ3) is 0.916. The smallest absolute Gasteiger partial charge is 0.122 e. The fraction of sp³-hybridized carbons (Fsp3) is 1.00. The standard InChI is InChI=1S/C8H14O3/c1-6-7-8(9-2,5-11-7)3-4-10-6/h6-7H,3-5H2,1-2H3/t6-,7-,8-/m0/s1. The fourth-order valence-corrected chi connectivity index (χ4v) is 1.93. The van der Waals surface area contributed by atoms with Crippen LogP contribution in [0.15, 0.2) is 0 Å². The maximum absolute atomic E-state index is 5.44. The Bertz CT molecular complexity index is 155. The van der Waals surface area contributed by atoms with Crippen LogP contribution in [0.5, 0.6) is 0 Å². The van der Waals surface area contributed by atoms with Gasteiger partial charge in [-0.05, 0) is 6.92 Å². The topological polar surface area (TPSA) is 27.7 Å². The number of rotatable bonds is 1. The molecule has 0 amide bonds. The van der Waals surface area contributed by atoms with Crippen LogP contribution in [0, 0.1) is 0 Å². The number of ether oxygens (including phenoxy) is 3. The van der Waals surface area contributed by atoms with Gasteiger partial charge in [0.25, 0.3) is 0 Å². The Morgan fingerprint density at radius 1 is 1.45 bits per heavy atom. The Hall–Kier alpha value is -0.120. The van der Waals surface area contributed by atoms with Crippen LogP contribution in [0.2, 0.25) is 0 Å². The van der Waals surface area contributed by atoms with Crippen LogP contribution >= 0.6 is 0 Å². The summed E-state index contributed by atoms with van der Waals surface area (Å²) < 4.78 is 16.3. The highest BCUT2D eigenvalue weighted by Crippen LogP contribution is 2.38. The molecule has 0 aromatic rings. The molecule has 0 spiro atoms. The molecule has 0 unspecified atom stereocenters. The lowest BCUT2D eigenvalue weighted by Gasteiger charge is -2.53. The average molecular weight is 158 g/mol. The molecule has 2 aliphatic rings. The minimum Gasteiger partial charge on any atom is -0.376 e. The monoisotopic (exact) mass is 158 g/mol. The van der Waals surface area contributed by atoms with Crippen molar-refractivity contribution in [1.29, 1.82) is 0 Å². The summed E-state index contributed by atoms with van der Waals surface area (Å²) in [5.41, 5.74) is -0.0162. The molecule has 3 atom stereocenters. The second-order valence-corrected chi connectivity index (χ2v) is 3.33. The first-order valence-electron chi connectivity index (χ1n) is 4.07. The first-order chi connectivity index (χ1) is 5.28. The molecule has 2 rings (SSSR count). The second kappa shape index (κ2) is 2.44. The lowest BCUT2D eigenvalue weighted by molar-refractivity contribution is -0.309. The third-order valence-corrected chi connectivity index (χ3v) is 2.76. The molecule has 0 saturated carbocycles. The van der Waals surface area contributed by atoms with E-state index in [-0.39, 0.29) is 17.8 Å². The molecule has 0 bridgehead atoms. The van der Waals surface area contributed by atoms with Gasteiger partial charge in [0.05, 0.1) is 12.7 Å². The van der Waals surface area contributed by atoms with E-state index >= 15 is 0 Å². The van der Waals surface area contributed by atoms with Crippen molar-refractivity contribution < 1.29 is 14.2 Å². The van der Waals surface area contributed by atoms with E-state index in [9.17, 15) is 0 Å². The van der Waals surface area contributed by atoms with Crippen molar-refractivity contribution in [1.82, 2.24) is 0 Å². The van der Waals surface area contributed by atoms with Crippen LogP contribution in [0.4, 0.5) is 0 Å². The van der Waals surface area contributed by atoms with E-state index in [0.717, 1.165) is 19.6 Å². The minimum atomic E-state index is -0.0162. The van der Waals surface area contributed by atoms with Crippen LogP contribution in [0.3, 0.4) is 0 Å². The molecule has 0 aromatic heterocycles. The van der Waals surface area contributed by atoms with Crippen molar-refractivity contribution in [3.8, 4) is 0 Å². The Balaban J connectivity index is 2.09. The summed E-state index contributed by atoms with van der Waals surface area (Å²) in [7, 11) is 1.76. The van der Waals surface area contributed by atoms with E-state index in [4.69, 9.17) is 14.2 Å². The summed E-state index contributed by atoms with van der Waals surface area (Å²) in [5.74, 6) is 0. The van der Waals surface area contributed by atoms with Crippen LogP contribution in [0.1, 0.15) is 13.3 Å². The first-order valence-corrected chi connectivity index (χ1v) is 4.07. The molecule has 3 nitrogen and oxygen atoms in total. The van der Waals surface area contributed by atoms with Gasteiger partial charge in [-0.15, -0.1) is 0 Å². The van der Waals surface area contributed by atoms with Gasteiger partial charge in [0.2, 0.25) is 0 Å². The average Bonchev–Trinajstić information content (AvgIpc) is 1.94. The summed E-state index contributed by atoms with van der Waals surface area (Å²) in [5, 5.41) is 0. The van der Waals surface area contributed by atoms with Crippen molar-refractivity contribution in [3.05, 3.63) is 0 Å². The summed E-state index contributed by atoms with van der Waals surface area (Å²) in [6.07, 6.45) is 1.33. The van der Waals surface area contributed by atoms with Crippen LogP contribution < -0.4 is 0 Å². The van der Waals surface area contributed by atoms with Gasteiger partial charge in [0.15, 0.2) is 0 Å². The van der Waals surface area contributed by atoms with E-state index in [1.807, 2.05) is 6.92 Å². The number of fused-ring (bicyclic) bond motifs is 1. The minimum absolute atomic E-state index is 0.0162.